The molecule has 4 rings (SSSR count). The number of aromatic nitrogens is 4. The smallest absolute Gasteiger partial charge is 0.359 e. The van der Waals surface area contributed by atoms with E-state index in [-0.39, 0.29) is 19.3 Å². The van der Waals surface area contributed by atoms with Gasteiger partial charge in [-0.3, -0.25) is 4.57 Å². The monoisotopic (exact) mass is 531 g/mol. The van der Waals surface area contributed by atoms with E-state index < -0.39 is 44.1 Å². The van der Waals surface area contributed by atoms with Crippen molar-refractivity contribution in [3.05, 3.63) is 12.0 Å². The van der Waals surface area contributed by atoms with Gasteiger partial charge in [-0.25, -0.2) is 14.6 Å². The SMILES string of the molecule is COCc1nc(NC2CCCC2)c2cnn([C@@H]3O[C@H](COC(C)(COC)P(=O)(O)O)[C@@H](O)[C@H]3O)c2n1. The average molecular weight is 532 g/mol. The summed E-state index contributed by atoms with van der Waals surface area (Å²) in [6, 6.07) is 0.286. The number of methoxy groups -OCH3 is 2. The highest BCUT2D eigenvalue weighted by Crippen LogP contribution is 2.51. The maximum Gasteiger partial charge on any atom is 0.359 e. The lowest BCUT2D eigenvalue weighted by atomic mass is 10.1. The van der Waals surface area contributed by atoms with Crippen molar-refractivity contribution in [2.75, 3.05) is 32.8 Å². The van der Waals surface area contributed by atoms with Crippen LogP contribution in [0.3, 0.4) is 0 Å². The maximum atomic E-state index is 11.9. The van der Waals surface area contributed by atoms with Crippen LogP contribution in [0.4, 0.5) is 5.82 Å². The van der Waals surface area contributed by atoms with Crippen molar-refractivity contribution in [1.29, 1.82) is 0 Å². The third-order valence-corrected chi connectivity index (χ3v) is 8.13. The average Bonchev–Trinajstić information content (AvgIpc) is 3.53. The van der Waals surface area contributed by atoms with Crippen LogP contribution >= 0.6 is 7.60 Å². The summed E-state index contributed by atoms with van der Waals surface area (Å²) in [6.07, 6.45) is 0.895. The van der Waals surface area contributed by atoms with Crippen molar-refractivity contribution in [2.45, 2.75) is 75.1 Å². The quantitative estimate of drug-likeness (QED) is 0.252. The molecular weight excluding hydrogens is 497 g/mol. The molecule has 2 fully saturated rings. The third kappa shape index (κ3) is 5.42. The van der Waals surface area contributed by atoms with Gasteiger partial charge in [0.1, 0.15) is 30.7 Å². The van der Waals surface area contributed by atoms with Crippen LogP contribution in [0.5, 0.6) is 0 Å². The number of ether oxygens (including phenoxy) is 4. The van der Waals surface area contributed by atoms with Gasteiger partial charge < -0.3 is 44.3 Å². The van der Waals surface area contributed by atoms with Gasteiger partial charge in [0.05, 0.1) is 24.8 Å². The highest BCUT2D eigenvalue weighted by atomic mass is 31.2. The van der Waals surface area contributed by atoms with Crippen molar-refractivity contribution < 1.29 is 43.5 Å². The molecule has 0 bridgehead atoms. The van der Waals surface area contributed by atoms with Gasteiger partial charge in [0, 0.05) is 20.3 Å². The minimum atomic E-state index is -4.72. The van der Waals surface area contributed by atoms with Gasteiger partial charge in [-0.05, 0) is 19.8 Å². The standard InChI is InChI=1S/C21H34N5O9P/c1-21(11-33-3,36(29,30)31)34-9-14-16(27)17(28)20(35-14)26-19-13(8-22-26)18(23-12-6-4-5-7-12)24-15(25-19)10-32-2/h8,12,14,16-17,20,27-28H,4-7,9-11H2,1-3H3,(H,23,24,25)(H2,29,30,31)/t14-,16-,17-,20-,21?/m1/s1. The Morgan fingerprint density at radius 3 is 2.56 bits per heavy atom. The van der Waals surface area contributed by atoms with E-state index in [0.717, 1.165) is 25.7 Å². The molecule has 0 aromatic carbocycles. The van der Waals surface area contributed by atoms with Crippen LogP contribution in [0.1, 0.15) is 44.7 Å². The Bertz CT molecular complexity index is 1090. The Hall–Kier alpha value is -1.74. The predicted octanol–water partition coefficient (Wildman–Crippen LogP) is 0.503. The van der Waals surface area contributed by atoms with E-state index in [0.29, 0.717) is 22.7 Å². The van der Waals surface area contributed by atoms with Crippen LogP contribution in [0.25, 0.3) is 11.0 Å². The second-order valence-corrected chi connectivity index (χ2v) is 11.4. The maximum absolute atomic E-state index is 11.9. The van der Waals surface area contributed by atoms with Crippen LogP contribution in [-0.2, 0) is 30.1 Å². The van der Waals surface area contributed by atoms with E-state index in [1.54, 1.807) is 6.20 Å². The lowest BCUT2D eigenvalue weighted by Gasteiger charge is -2.31. The van der Waals surface area contributed by atoms with E-state index in [2.05, 4.69) is 20.4 Å². The zero-order valence-electron chi connectivity index (χ0n) is 20.5. The Labute approximate surface area is 208 Å². The fraction of sp³-hybridized carbons (Fsp3) is 0.762. The van der Waals surface area contributed by atoms with Crippen LogP contribution < -0.4 is 5.32 Å². The first-order valence-electron chi connectivity index (χ1n) is 11.8. The Morgan fingerprint density at radius 1 is 1.19 bits per heavy atom. The topological polar surface area (TPSA) is 191 Å². The molecule has 5 atom stereocenters. The Balaban J connectivity index is 1.58. The molecule has 36 heavy (non-hydrogen) atoms. The molecule has 14 nitrogen and oxygen atoms in total. The summed E-state index contributed by atoms with van der Waals surface area (Å²) in [5.41, 5.74) is 0.384. The molecule has 2 aliphatic rings. The molecule has 2 aromatic rings. The van der Waals surface area contributed by atoms with Crippen molar-refractivity contribution in [3.63, 3.8) is 0 Å². The molecule has 3 heterocycles. The molecule has 15 heteroatoms. The number of rotatable bonds is 11. The zero-order chi connectivity index (χ0) is 26.1. The molecule has 2 aromatic heterocycles. The fourth-order valence-corrected chi connectivity index (χ4v) is 5.07. The number of aliphatic hydroxyl groups excluding tert-OH is 2. The van der Waals surface area contributed by atoms with E-state index in [1.807, 2.05) is 0 Å². The van der Waals surface area contributed by atoms with Crippen molar-refractivity contribution in [2.24, 2.45) is 0 Å². The van der Waals surface area contributed by atoms with Gasteiger partial charge in [0.2, 0.25) is 0 Å². The molecule has 1 saturated heterocycles. The van der Waals surface area contributed by atoms with Gasteiger partial charge in [0.15, 0.2) is 23.0 Å². The molecule has 1 aliphatic heterocycles. The van der Waals surface area contributed by atoms with Crippen LogP contribution in [-0.4, -0.2) is 96.9 Å². The van der Waals surface area contributed by atoms with E-state index in [1.165, 1.54) is 25.8 Å². The first kappa shape index (κ1) is 27.3. The molecule has 0 amide bonds. The van der Waals surface area contributed by atoms with Gasteiger partial charge in [-0.15, -0.1) is 0 Å². The molecular formula is C21H34N5O9P. The largest absolute Gasteiger partial charge is 0.387 e. The van der Waals surface area contributed by atoms with Crippen LogP contribution in [0, 0.1) is 0 Å². The molecule has 202 valence electrons. The molecule has 1 saturated carbocycles. The van der Waals surface area contributed by atoms with Gasteiger partial charge in [-0.2, -0.15) is 5.10 Å². The summed E-state index contributed by atoms with van der Waals surface area (Å²) in [6.45, 7) is 0.581. The van der Waals surface area contributed by atoms with Gasteiger partial charge >= 0.3 is 7.60 Å². The molecule has 0 radical (unpaired) electrons. The normalized spacial score (nSPS) is 27.1. The molecule has 1 unspecified atom stereocenters. The van der Waals surface area contributed by atoms with Crippen molar-refractivity contribution in [3.8, 4) is 0 Å². The number of anilines is 1. The Morgan fingerprint density at radius 2 is 1.92 bits per heavy atom. The predicted molar refractivity (Wildman–Crippen MR) is 126 cm³/mol. The summed E-state index contributed by atoms with van der Waals surface area (Å²) in [7, 11) is -1.90. The number of aliphatic hydroxyl groups is 2. The molecule has 5 N–H and O–H groups in total. The summed E-state index contributed by atoms with van der Waals surface area (Å²) >= 11 is 0. The fourth-order valence-electron chi connectivity index (χ4n) is 4.53. The first-order valence-corrected chi connectivity index (χ1v) is 13.4. The minimum absolute atomic E-state index is 0.161. The molecule has 1 aliphatic carbocycles. The number of nitrogens with zero attached hydrogens (tertiary/aromatic N) is 4. The summed E-state index contributed by atoms with van der Waals surface area (Å²) in [5.74, 6) is 1.02. The van der Waals surface area contributed by atoms with Crippen LogP contribution in [0.15, 0.2) is 6.20 Å². The first-order chi connectivity index (χ1) is 17.1. The highest BCUT2D eigenvalue weighted by Gasteiger charge is 2.49. The van der Waals surface area contributed by atoms with Gasteiger partial charge in [0.25, 0.3) is 0 Å². The second-order valence-electron chi connectivity index (χ2n) is 9.38. The second kappa shape index (κ2) is 10.9. The number of nitrogens with one attached hydrogen (secondary N) is 1. The summed E-state index contributed by atoms with van der Waals surface area (Å²) in [4.78, 5) is 28.5. The lowest BCUT2D eigenvalue weighted by molar-refractivity contribution is -0.107. The zero-order valence-corrected chi connectivity index (χ0v) is 21.4. The van der Waals surface area contributed by atoms with Crippen molar-refractivity contribution in [1.82, 2.24) is 19.7 Å². The van der Waals surface area contributed by atoms with E-state index >= 15 is 0 Å². The van der Waals surface area contributed by atoms with E-state index in [9.17, 15) is 24.6 Å². The summed E-state index contributed by atoms with van der Waals surface area (Å²) in [5, 5.41) is 27.9. The number of hydrogen-bond acceptors (Lipinski definition) is 11. The Kier molecular flexibility index (Phi) is 8.29. The lowest BCUT2D eigenvalue weighted by Crippen LogP contribution is -2.40. The number of fused-ring (bicyclic) bond motifs is 1. The summed E-state index contributed by atoms with van der Waals surface area (Å²) < 4.78 is 34.7. The van der Waals surface area contributed by atoms with E-state index in [4.69, 9.17) is 18.9 Å². The van der Waals surface area contributed by atoms with Crippen molar-refractivity contribution >= 4 is 24.4 Å². The third-order valence-electron chi connectivity index (χ3n) is 6.63. The van der Waals surface area contributed by atoms with Crippen LogP contribution in [0.2, 0.25) is 0 Å². The molecule has 0 spiro atoms. The minimum Gasteiger partial charge on any atom is -0.387 e. The highest BCUT2D eigenvalue weighted by molar-refractivity contribution is 7.53. The van der Waals surface area contributed by atoms with Gasteiger partial charge in [-0.1, -0.05) is 12.8 Å². The number of hydrogen-bond donors (Lipinski definition) is 5.